The third kappa shape index (κ3) is 2.73. The van der Waals surface area contributed by atoms with Gasteiger partial charge in [0, 0.05) is 27.9 Å². The number of hydrogen-bond acceptors (Lipinski definition) is 4. The zero-order valence-corrected chi connectivity index (χ0v) is 9.71. The third-order valence-corrected chi connectivity index (χ3v) is 3.03. The number of hydrogen-bond donors (Lipinski definition) is 1. The van der Waals surface area contributed by atoms with Crippen molar-refractivity contribution in [3.63, 3.8) is 0 Å². The van der Waals surface area contributed by atoms with Crippen LogP contribution >= 0.6 is 24.4 Å². The van der Waals surface area contributed by atoms with E-state index < -0.39 is 0 Å². The average molecular weight is 234 g/mol. The smallest absolute Gasteiger partial charge is 0.159 e. The minimum atomic E-state index is 0.764. The van der Waals surface area contributed by atoms with Gasteiger partial charge in [-0.15, -0.1) is 11.8 Å². The summed E-state index contributed by atoms with van der Waals surface area (Å²) in [5, 5.41) is 0.793. The molecule has 0 atom stereocenters. The molecule has 2 nitrogen and oxygen atoms in total. The molecule has 0 saturated carbocycles. The molecule has 0 saturated heterocycles. The summed E-state index contributed by atoms with van der Waals surface area (Å²) in [6.45, 7) is 0. The SMILES string of the molecule is SCSc1ccc(-c2ncccn2)cc1. The Morgan fingerprint density at radius 2 is 1.73 bits per heavy atom. The number of nitrogens with zero attached hydrogens (tertiary/aromatic N) is 2. The Labute approximate surface area is 98.6 Å². The first kappa shape index (κ1) is 10.5. The molecule has 0 aliphatic rings. The fourth-order valence-corrected chi connectivity index (χ4v) is 2.15. The molecule has 0 fully saturated rings. The van der Waals surface area contributed by atoms with Crippen LogP contribution in [0.1, 0.15) is 0 Å². The second-order valence-electron chi connectivity index (χ2n) is 2.87. The molecule has 0 amide bonds. The van der Waals surface area contributed by atoms with Gasteiger partial charge in [-0.3, -0.25) is 0 Å². The summed E-state index contributed by atoms with van der Waals surface area (Å²) in [5.41, 5.74) is 1.04. The molecule has 0 N–H and O–H groups in total. The average Bonchev–Trinajstić information content (AvgIpc) is 2.32. The number of thiol groups is 1. The van der Waals surface area contributed by atoms with E-state index in [1.807, 2.05) is 18.2 Å². The van der Waals surface area contributed by atoms with E-state index in [-0.39, 0.29) is 0 Å². The molecule has 4 heteroatoms. The second-order valence-corrected chi connectivity index (χ2v) is 4.66. The molecule has 0 radical (unpaired) electrons. The van der Waals surface area contributed by atoms with E-state index in [9.17, 15) is 0 Å². The Morgan fingerprint density at radius 1 is 1.07 bits per heavy atom. The van der Waals surface area contributed by atoms with Crippen LogP contribution in [0, 0.1) is 0 Å². The van der Waals surface area contributed by atoms with Crippen molar-refractivity contribution in [1.82, 2.24) is 9.97 Å². The van der Waals surface area contributed by atoms with E-state index in [1.165, 1.54) is 4.90 Å². The summed E-state index contributed by atoms with van der Waals surface area (Å²) in [6.07, 6.45) is 3.50. The molecule has 15 heavy (non-hydrogen) atoms. The van der Waals surface area contributed by atoms with Crippen LogP contribution in [-0.4, -0.2) is 15.1 Å². The molecule has 2 aromatic rings. The first-order valence-corrected chi connectivity index (χ1v) is 6.13. The quantitative estimate of drug-likeness (QED) is 0.502. The van der Waals surface area contributed by atoms with Crippen molar-refractivity contribution in [2.75, 3.05) is 5.08 Å². The minimum absolute atomic E-state index is 0.764. The van der Waals surface area contributed by atoms with Gasteiger partial charge in [0.1, 0.15) is 0 Å². The van der Waals surface area contributed by atoms with Gasteiger partial charge in [-0.25, -0.2) is 9.97 Å². The summed E-state index contributed by atoms with van der Waals surface area (Å²) in [4.78, 5) is 9.60. The van der Waals surface area contributed by atoms with Crippen molar-refractivity contribution in [1.29, 1.82) is 0 Å². The van der Waals surface area contributed by atoms with Gasteiger partial charge in [-0.1, -0.05) is 12.1 Å². The van der Waals surface area contributed by atoms with Crippen molar-refractivity contribution >= 4 is 24.4 Å². The first-order chi connectivity index (χ1) is 7.40. The molecule has 1 aromatic heterocycles. The van der Waals surface area contributed by atoms with Gasteiger partial charge >= 0.3 is 0 Å². The zero-order chi connectivity index (χ0) is 10.5. The molecule has 0 aliphatic carbocycles. The molecule has 1 heterocycles. The summed E-state index contributed by atoms with van der Waals surface area (Å²) in [6, 6.07) is 10.00. The van der Waals surface area contributed by atoms with Crippen LogP contribution in [0.2, 0.25) is 0 Å². The highest BCUT2D eigenvalue weighted by atomic mass is 32.2. The Bertz CT molecular complexity index is 414. The molecule has 0 spiro atoms. The summed E-state index contributed by atoms with van der Waals surface area (Å²) in [7, 11) is 0. The predicted molar refractivity (Wildman–Crippen MR) is 67.2 cm³/mol. The maximum atomic E-state index is 4.19. The van der Waals surface area contributed by atoms with Crippen molar-refractivity contribution < 1.29 is 0 Å². The lowest BCUT2D eigenvalue weighted by Crippen LogP contribution is -1.86. The molecule has 0 aliphatic heterocycles. The van der Waals surface area contributed by atoms with Crippen molar-refractivity contribution in [2.24, 2.45) is 0 Å². The highest BCUT2D eigenvalue weighted by Crippen LogP contribution is 2.22. The van der Waals surface area contributed by atoms with Crippen LogP contribution in [0.15, 0.2) is 47.6 Å². The normalized spacial score (nSPS) is 10.2. The van der Waals surface area contributed by atoms with Gasteiger partial charge < -0.3 is 0 Å². The van der Waals surface area contributed by atoms with Gasteiger partial charge in [0.25, 0.3) is 0 Å². The fourth-order valence-electron chi connectivity index (χ4n) is 1.22. The third-order valence-electron chi connectivity index (χ3n) is 1.91. The molecular formula is C11H10N2S2. The number of aromatic nitrogens is 2. The van der Waals surface area contributed by atoms with E-state index in [0.717, 1.165) is 16.5 Å². The van der Waals surface area contributed by atoms with Gasteiger partial charge in [-0.2, -0.15) is 12.6 Å². The number of benzene rings is 1. The summed E-state index contributed by atoms with van der Waals surface area (Å²) < 4.78 is 0. The Kier molecular flexibility index (Phi) is 3.64. The standard InChI is InChI=1S/C11H10N2S2/c14-8-15-10-4-2-9(3-5-10)11-12-6-1-7-13-11/h1-7,14H,8H2. The molecule has 2 rings (SSSR count). The van der Waals surface area contributed by atoms with Crippen LogP contribution in [0.4, 0.5) is 0 Å². The molecular weight excluding hydrogens is 224 g/mol. The van der Waals surface area contributed by atoms with E-state index in [1.54, 1.807) is 24.2 Å². The highest BCUT2D eigenvalue weighted by Gasteiger charge is 1.99. The van der Waals surface area contributed by atoms with Gasteiger partial charge in [-0.05, 0) is 18.2 Å². The van der Waals surface area contributed by atoms with Gasteiger partial charge in [0.05, 0.1) is 0 Å². The Balaban J connectivity index is 2.24. The van der Waals surface area contributed by atoms with E-state index in [4.69, 9.17) is 0 Å². The summed E-state index contributed by atoms with van der Waals surface area (Å²) in [5.74, 6) is 0.764. The van der Waals surface area contributed by atoms with Gasteiger partial charge in [0.15, 0.2) is 5.82 Å². The lowest BCUT2D eigenvalue weighted by atomic mass is 10.2. The summed E-state index contributed by atoms with van der Waals surface area (Å²) >= 11 is 5.87. The van der Waals surface area contributed by atoms with Crippen LogP contribution in [0.25, 0.3) is 11.4 Å². The zero-order valence-electron chi connectivity index (χ0n) is 8.00. The predicted octanol–water partition coefficient (Wildman–Crippen LogP) is 3.12. The topological polar surface area (TPSA) is 25.8 Å². The number of rotatable bonds is 3. The van der Waals surface area contributed by atoms with Gasteiger partial charge in [0.2, 0.25) is 0 Å². The van der Waals surface area contributed by atoms with Crippen LogP contribution in [-0.2, 0) is 0 Å². The van der Waals surface area contributed by atoms with Crippen LogP contribution in [0.3, 0.4) is 0 Å². The molecule has 76 valence electrons. The van der Waals surface area contributed by atoms with Crippen molar-refractivity contribution in [3.8, 4) is 11.4 Å². The minimum Gasteiger partial charge on any atom is -0.237 e. The van der Waals surface area contributed by atoms with Crippen LogP contribution < -0.4 is 0 Å². The van der Waals surface area contributed by atoms with Crippen molar-refractivity contribution in [2.45, 2.75) is 4.90 Å². The maximum absolute atomic E-state index is 4.19. The fraction of sp³-hybridized carbons (Fsp3) is 0.0909. The second kappa shape index (κ2) is 5.19. The van der Waals surface area contributed by atoms with E-state index in [0.29, 0.717) is 0 Å². The highest BCUT2D eigenvalue weighted by molar-refractivity contribution is 8.09. The maximum Gasteiger partial charge on any atom is 0.159 e. The lowest BCUT2D eigenvalue weighted by molar-refractivity contribution is 1.17. The monoisotopic (exact) mass is 234 g/mol. The first-order valence-electron chi connectivity index (χ1n) is 4.51. The van der Waals surface area contributed by atoms with E-state index >= 15 is 0 Å². The Morgan fingerprint density at radius 3 is 2.33 bits per heavy atom. The Hall–Kier alpha value is -1.00. The molecule has 0 unspecified atom stereocenters. The number of thioether (sulfide) groups is 1. The largest absolute Gasteiger partial charge is 0.237 e. The van der Waals surface area contributed by atoms with E-state index in [2.05, 4.69) is 34.7 Å². The van der Waals surface area contributed by atoms with Crippen LogP contribution in [0.5, 0.6) is 0 Å². The molecule has 1 aromatic carbocycles. The molecule has 0 bridgehead atoms. The lowest BCUT2D eigenvalue weighted by Gasteiger charge is -2.01. The van der Waals surface area contributed by atoms with Crippen molar-refractivity contribution in [3.05, 3.63) is 42.7 Å².